The van der Waals surface area contributed by atoms with Crippen LogP contribution < -0.4 is 21.5 Å². The third-order valence-corrected chi connectivity index (χ3v) is 8.93. The standard InChI is InChI=1S/C27H20NO2P/c29-27-20-25(24-18-10-11-19-26(24)30-27)28-31(21-12-4-1-5-13-21,22-14-6-2-7-15-22)23-16-8-3-9-17-23/h1-20H. The van der Waals surface area contributed by atoms with E-state index in [0.29, 0.717) is 11.3 Å². The number of hydrogen-bond acceptors (Lipinski definition) is 3. The number of benzene rings is 4. The predicted molar refractivity (Wildman–Crippen MR) is 130 cm³/mol. The largest absolute Gasteiger partial charge is 0.423 e. The first kappa shape index (κ1) is 19.3. The molecule has 0 bridgehead atoms. The first-order valence-electron chi connectivity index (χ1n) is 10.1. The second-order valence-corrected chi connectivity index (χ2v) is 10.2. The molecule has 3 nitrogen and oxygen atoms in total. The fourth-order valence-corrected chi connectivity index (χ4v) is 7.43. The van der Waals surface area contributed by atoms with Crippen LogP contribution in [0.3, 0.4) is 0 Å². The van der Waals surface area contributed by atoms with Crippen molar-refractivity contribution in [3.63, 3.8) is 0 Å². The Kier molecular flexibility index (Phi) is 5.11. The van der Waals surface area contributed by atoms with Gasteiger partial charge in [0.25, 0.3) is 0 Å². The molecule has 0 unspecified atom stereocenters. The zero-order valence-corrected chi connectivity index (χ0v) is 17.7. The third-order valence-electron chi connectivity index (χ3n) is 5.28. The van der Waals surface area contributed by atoms with Crippen molar-refractivity contribution in [2.24, 2.45) is 4.74 Å². The van der Waals surface area contributed by atoms with E-state index in [1.54, 1.807) is 0 Å². The van der Waals surface area contributed by atoms with Crippen LogP contribution in [0.2, 0.25) is 0 Å². The molecule has 1 aromatic heterocycles. The van der Waals surface area contributed by atoms with Gasteiger partial charge in [-0.1, -0.05) is 103 Å². The number of rotatable bonds is 4. The Bertz CT molecular complexity index is 1340. The Morgan fingerprint density at radius 3 is 1.55 bits per heavy atom. The fraction of sp³-hybridized carbons (Fsp3) is 0. The highest BCUT2D eigenvalue weighted by atomic mass is 31.2. The van der Waals surface area contributed by atoms with Crippen molar-refractivity contribution < 1.29 is 4.42 Å². The number of hydrogen-bond donors (Lipinski definition) is 0. The van der Waals surface area contributed by atoms with Gasteiger partial charge < -0.3 is 4.42 Å². The first-order valence-corrected chi connectivity index (χ1v) is 11.8. The van der Waals surface area contributed by atoms with Crippen LogP contribution in [0, 0.1) is 0 Å². The summed E-state index contributed by atoms with van der Waals surface area (Å²) < 4.78 is 10.9. The summed E-state index contributed by atoms with van der Waals surface area (Å²) in [6.07, 6.45) is 0. The highest BCUT2D eigenvalue weighted by molar-refractivity contribution is 7.87. The smallest absolute Gasteiger partial charge is 0.338 e. The SMILES string of the molecule is O=c1cc(N=P(c2ccccc2)(c2ccccc2)c2ccccc2)c2ccccc2o1. The van der Waals surface area contributed by atoms with Gasteiger partial charge in [0, 0.05) is 21.3 Å². The molecule has 0 aliphatic rings. The van der Waals surface area contributed by atoms with Gasteiger partial charge in [-0.15, -0.1) is 0 Å². The van der Waals surface area contributed by atoms with Gasteiger partial charge in [0.05, 0.1) is 18.8 Å². The van der Waals surface area contributed by atoms with E-state index in [1.165, 1.54) is 6.07 Å². The molecule has 0 saturated carbocycles. The van der Waals surface area contributed by atoms with E-state index in [2.05, 4.69) is 36.4 Å². The molecule has 0 N–H and O–H groups in total. The van der Waals surface area contributed by atoms with E-state index in [0.717, 1.165) is 21.3 Å². The lowest BCUT2D eigenvalue weighted by atomic mass is 10.2. The van der Waals surface area contributed by atoms with Gasteiger partial charge in [0.1, 0.15) is 5.58 Å². The van der Waals surface area contributed by atoms with Crippen molar-refractivity contribution in [2.45, 2.75) is 0 Å². The molecule has 31 heavy (non-hydrogen) atoms. The average Bonchev–Trinajstić information content (AvgIpc) is 2.84. The summed E-state index contributed by atoms with van der Waals surface area (Å²) in [6.45, 7) is 0. The Morgan fingerprint density at radius 1 is 0.581 bits per heavy atom. The Hall–Kier alpha value is -3.68. The van der Waals surface area contributed by atoms with Crippen LogP contribution in [-0.2, 0) is 0 Å². The topological polar surface area (TPSA) is 42.6 Å². The number of nitrogens with zero attached hydrogens (tertiary/aromatic N) is 1. The summed E-state index contributed by atoms with van der Waals surface area (Å²) in [7, 11) is -2.45. The van der Waals surface area contributed by atoms with Gasteiger partial charge in [0.15, 0.2) is 0 Å². The maximum atomic E-state index is 12.4. The van der Waals surface area contributed by atoms with Gasteiger partial charge in [-0.3, -0.25) is 4.74 Å². The Morgan fingerprint density at radius 2 is 1.03 bits per heavy atom. The minimum Gasteiger partial charge on any atom is -0.423 e. The monoisotopic (exact) mass is 421 g/mol. The molecule has 0 fully saturated rings. The van der Waals surface area contributed by atoms with E-state index < -0.39 is 12.7 Å². The Labute approximate surface area is 180 Å². The van der Waals surface area contributed by atoms with E-state index in [1.807, 2.05) is 78.9 Å². The molecule has 1 heterocycles. The zero-order valence-electron chi connectivity index (χ0n) is 16.8. The van der Waals surface area contributed by atoms with Crippen molar-refractivity contribution in [3.8, 4) is 0 Å². The van der Waals surface area contributed by atoms with Crippen LogP contribution in [0.4, 0.5) is 5.69 Å². The lowest BCUT2D eigenvalue weighted by molar-refractivity contribution is 0.561. The molecular formula is C27H20NO2P. The second kappa shape index (κ2) is 8.22. The third kappa shape index (κ3) is 3.54. The van der Waals surface area contributed by atoms with Crippen molar-refractivity contribution >= 4 is 39.6 Å². The van der Waals surface area contributed by atoms with E-state index >= 15 is 0 Å². The molecule has 0 saturated heterocycles. The van der Waals surface area contributed by atoms with Crippen molar-refractivity contribution in [1.29, 1.82) is 0 Å². The normalized spacial score (nSPS) is 11.4. The summed E-state index contributed by atoms with van der Waals surface area (Å²) >= 11 is 0. The molecule has 5 aromatic rings. The van der Waals surface area contributed by atoms with Gasteiger partial charge in [0.2, 0.25) is 0 Å². The lowest BCUT2D eigenvalue weighted by Gasteiger charge is -2.27. The molecule has 5 rings (SSSR count). The van der Waals surface area contributed by atoms with Crippen molar-refractivity contribution in [2.75, 3.05) is 0 Å². The van der Waals surface area contributed by atoms with Crippen molar-refractivity contribution in [1.82, 2.24) is 0 Å². The molecule has 0 aliphatic carbocycles. The van der Waals surface area contributed by atoms with Crippen molar-refractivity contribution in [3.05, 3.63) is 132 Å². The van der Waals surface area contributed by atoms with Gasteiger partial charge >= 0.3 is 5.63 Å². The summed E-state index contributed by atoms with van der Waals surface area (Å²) in [5, 5.41) is 4.22. The minimum absolute atomic E-state index is 0.398. The van der Waals surface area contributed by atoms with Crippen LogP contribution >= 0.6 is 7.05 Å². The number of para-hydroxylation sites is 1. The molecule has 0 amide bonds. The summed E-state index contributed by atoms with van der Waals surface area (Å²) in [6, 6.07) is 40.2. The molecule has 4 aromatic carbocycles. The zero-order chi connectivity index (χ0) is 21.1. The van der Waals surface area contributed by atoms with E-state index in [4.69, 9.17) is 9.16 Å². The maximum Gasteiger partial charge on any atom is 0.338 e. The lowest BCUT2D eigenvalue weighted by Crippen LogP contribution is -2.25. The first-order chi connectivity index (χ1) is 15.3. The highest BCUT2D eigenvalue weighted by Gasteiger charge is 2.27. The highest BCUT2D eigenvalue weighted by Crippen LogP contribution is 2.49. The number of fused-ring (bicyclic) bond motifs is 1. The molecule has 0 aliphatic heterocycles. The van der Waals surface area contributed by atoms with Crippen LogP contribution in [0.15, 0.2) is 135 Å². The summed E-state index contributed by atoms with van der Waals surface area (Å²) in [5.74, 6) is 0. The van der Waals surface area contributed by atoms with Crippen LogP contribution in [-0.4, -0.2) is 0 Å². The predicted octanol–water partition coefficient (Wildman–Crippen LogP) is 5.60. The minimum atomic E-state index is -2.45. The molecule has 150 valence electrons. The van der Waals surface area contributed by atoms with E-state index in [-0.39, 0.29) is 0 Å². The molecule has 0 spiro atoms. The van der Waals surface area contributed by atoms with Gasteiger partial charge in [-0.05, 0) is 12.1 Å². The van der Waals surface area contributed by atoms with Crippen LogP contribution in [0.25, 0.3) is 11.0 Å². The molecule has 4 heteroatoms. The fourth-order valence-electron chi connectivity index (χ4n) is 3.89. The van der Waals surface area contributed by atoms with Gasteiger partial charge in [-0.25, -0.2) is 4.79 Å². The van der Waals surface area contributed by atoms with Crippen LogP contribution in [0.1, 0.15) is 0 Å². The van der Waals surface area contributed by atoms with Gasteiger partial charge in [-0.2, -0.15) is 0 Å². The quantitative estimate of drug-likeness (QED) is 0.280. The molecule has 0 radical (unpaired) electrons. The van der Waals surface area contributed by atoms with E-state index in [9.17, 15) is 4.79 Å². The summed E-state index contributed by atoms with van der Waals surface area (Å²) in [5.41, 5.74) is 0.794. The molecular weight excluding hydrogens is 401 g/mol. The maximum absolute atomic E-state index is 12.4. The van der Waals surface area contributed by atoms with Crippen LogP contribution in [0.5, 0.6) is 0 Å². The Balaban J connectivity index is 1.98. The summed E-state index contributed by atoms with van der Waals surface area (Å²) in [4.78, 5) is 12.4. The average molecular weight is 421 g/mol. The second-order valence-electron chi connectivity index (χ2n) is 7.19. The molecule has 0 atom stereocenters.